The van der Waals surface area contributed by atoms with Crippen LogP contribution in [0.5, 0.6) is 0 Å². The van der Waals surface area contributed by atoms with Crippen molar-refractivity contribution in [2.24, 2.45) is 0 Å². The predicted octanol–water partition coefficient (Wildman–Crippen LogP) is 1.12. The van der Waals surface area contributed by atoms with Crippen LogP contribution in [0.15, 0.2) is 52.3 Å². The molecule has 6 atom stereocenters. The quantitative estimate of drug-likeness (QED) is 0.371. The Morgan fingerprint density at radius 1 is 1.00 bits per heavy atom. The van der Waals surface area contributed by atoms with Gasteiger partial charge in [0.25, 0.3) is 0 Å². The molecule has 34 heavy (non-hydrogen) atoms. The van der Waals surface area contributed by atoms with E-state index in [0.29, 0.717) is 26.1 Å². The zero-order chi connectivity index (χ0) is 24.4. The Hall–Kier alpha value is -1.69. The number of rotatable bonds is 8. The average molecular weight is 491 g/mol. The molecule has 0 aromatic heterocycles. The van der Waals surface area contributed by atoms with Gasteiger partial charge in [0.05, 0.1) is 36.7 Å². The summed E-state index contributed by atoms with van der Waals surface area (Å²) >= 11 is 1.73. The summed E-state index contributed by atoms with van der Waals surface area (Å²) in [6.45, 7) is 2.96. The van der Waals surface area contributed by atoms with Crippen molar-refractivity contribution >= 4 is 23.1 Å². The summed E-state index contributed by atoms with van der Waals surface area (Å²) in [7, 11) is 1.88. The molecular formula is C25H34N2O6S. The molecule has 0 amide bonds. The Balaban J connectivity index is 1.38. The van der Waals surface area contributed by atoms with Crippen molar-refractivity contribution in [3.05, 3.63) is 48.0 Å². The molecule has 8 nitrogen and oxygen atoms in total. The summed E-state index contributed by atoms with van der Waals surface area (Å²) in [5.74, 6) is 0. The Morgan fingerprint density at radius 3 is 2.47 bits per heavy atom. The van der Waals surface area contributed by atoms with E-state index in [1.165, 1.54) is 0 Å². The first kappa shape index (κ1) is 25.4. The van der Waals surface area contributed by atoms with Gasteiger partial charge in [0.1, 0.15) is 24.4 Å². The normalized spacial score (nSPS) is 27.4. The maximum atomic E-state index is 11.0. The van der Waals surface area contributed by atoms with Gasteiger partial charge in [-0.1, -0.05) is 30.0 Å². The van der Waals surface area contributed by atoms with Crippen LogP contribution in [0.2, 0.25) is 0 Å². The van der Waals surface area contributed by atoms with E-state index in [9.17, 15) is 25.5 Å². The van der Waals surface area contributed by atoms with Crippen LogP contribution < -0.4 is 4.90 Å². The SMILES string of the molecule is Cc1ccc2c(c1)N(CC(O)CN(C)CCC1O[C@H](CO)[C@@H](O)[C@H](O)[C@H]1O)c1ccccc1S2. The lowest BCUT2D eigenvalue weighted by molar-refractivity contribution is -0.230. The van der Waals surface area contributed by atoms with Crippen LogP contribution in [-0.4, -0.2) is 100 Å². The number of nitrogens with zero attached hydrogens (tertiary/aromatic N) is 2. The molecule has 2 aromatic rings. The van der Waals surface area contributed by atoms with Gasteiger partial charge in [0, 0.05) is 22.9 Å². The van der Waals surface area contributed by atoms with Gasteiger partial charge in [0.15, 0.2) is 0 Å². The second kappa shape index (κ2) is 10.9. The van der Waals surface area contributed by atoms with Gasteiger partial charge in [-0.3, -0.25) is 0 Å². The van der Waals surface area contributed by atoms with E-state index in [4.69, 9.17) is 4.74 Å². The zero-order valence-corrected chi connectivity index (χ0v) is 20.3. The van der Waals surface area contributed by atoms with Crippen LogP contribution >= 0.6 is 11.8 Å². The third-order valence-corrected chi connectivity index (χ3v) is 7.61. The number of β-amino-alcohol motifs (C(OH)–C–C–N with tert-alkyl or cyclic N) is 1. The predicted molar refractivity (Wildman–Crippen MR) is 131 cm³/mol. The van der Waals surface area contributed by atoms with Crippen molar-refractivity contribution in [3.8, 4) is 0 Å². The molecule has 2 unspecified atom stereocenters. The van der Waals surface area contributed by atoms with Gasteiger partial charge in [-0.05, 0) is 50.2 Å². The molecule has 4 rings (SSSR count). The Kier molecular flexibility index (Phi) is 8.16. The number of aryl methyl sites for hydroxylation is 1. The number of hydrogen-bond donors (Lipinski definition) is 5. The maximum absolute atomic E-state index is 11.0. The highest BCUT2D eigenvalue weighted by Crippen LogP contribution is 2.48. The number of ether oxygens (including phenoxy) is 1. The molecular weight excluding hydrogens is 456 g/mol. The van der Waals surface area contributed by atoms with Crippen LogP contribution in [0, 0.1) is 6.92 Å². The molecule has 2 aliphatic rings. The van der Waals surface area contributed by atoms with Gasteiger partial charge in [0.2, 0.25) is 0 Å². The van der Waals surface area contributed by atoms with Crippen molar-refractivity contribution in [2.45, 2.75) is 59.8 Å². The summed E-state index contributed by atoms with van der Waals surface area (Å²) in [5.41, 5.74) is 3.33. The lowest BCUT2D eigenvalue weighted by Gasteiger charge is -2.40. The summed E-state index contributed by atoms with van der Waals surface area (Å²) < 4.78 is 5.59. The fraction of sp³-hybridized carbons (Fsp3) is 0.520. The molecule has 2 aromatic carbocycles. The lowest BCUT2D eigenvalue weighted by Crippen LogP contribution is -2.58. The van der Waals surface area contributed by atoms with Crippen molar-refractivity contribution < 1.29 is 30.3 Å². The molecule has 2 aliphatic heterocycles. The topological polar surface area (TPSA) is 117 Å². The molecule has 1 fully saturated rings. The molecule has 0 bridgehead atoms. The first-order valence-electron chi connectivity index (χ1n) is 11.6. The summed E-state index contributed by atoms with van der Waals surface area (Å²) in [6.07, 6.45) is -5.82. The van der Waals surface area contributed by atoms with Crippen molar-refractivity contribution in [2.75, 3.05) is 38.2 Å². The van der Waals surface area contributed by atoms with Gasteiger partial charge < -0.3 is 40.1 Å². The third kappa shape index (κ3) is 5.42. The molecule has 186 valence electrons. The summed E-state index contributed by atoms with van der Waals surface area (Å²) in [6, 6.07) is 14.6. The number of fused-ring (bicyclic) bond motifs is 2. The fourth-order valence-electron chi connectivity index (χ4n) is 4.62. The molecule has 5 N–H and O–H groups in total. The highest BCUT2D eigenvalue weighted by Gasteiger charge is 2.43. The minimum atomic E-state index is -1.37. The van der Waals surface area contributed by atoms with Crippen LogP contribution in [0.1, 0.15) is 12.0 Å². The van der Waals surface area contributed by atoms with Crippen molar-refractivity contribution in [3.63, 3.8) is 0 Å². The second-order valence-electron chi connectivity index (χ2n) is 9.22. The van der Waals surface area contributed by atoms with E-state index in [0.717, 1.165) is 26.7 Å². The Bertz CT molecular complexity index is 976. The van der Waals surface area contributed by atoms with Gasteiger partial charge in [-0.25, -0.2) is 0 Å². The highest BCUT2D eigenvalue weighted by atomic mass is 32.2. The largest absolute Gasteiger partial charge is 0.394 e. The average Bonchev–Trinajstić information content (AvgIpc) is 2.82. The second-order valence-corrected chi connectivity index (χ2v) is 10.3. The minimum absolute atomic E-state index is 0.385. The number of hydrogen-bond acceptors (Lipinski definition) is 9. The van der Waals surface area contributed by atoms with Crippen LogP contribution in [0.3, 0.4) is 0 Å². The van der Waals surface area contributed by atoms with E-state index < -0.39 is 43.2 Å². The van der Waals surface area contributed by atoms with E-state index >= 15 is 0 Å². The van der Waals surface area contributed by atoms with Gasteiger partial charge >= 0.3 is 0 Å². The number of anilines is 2. The first-order chi connectivity index (χ1) is 16.3. The van der Waals surface area contributed by atoms with Gasteiger partial charge in [-0.15, -0.1) is 0 Å². The van der Waals surface area contributed by atoms with Crippen molar-refractivity contribution in [1.82, 2.24) is 4.90 Å². The molecule has 0 radical (unpaired) electrons. The number of para-hydroxylation sites is 1. The van der Waals surface area contributed by atoms with E-state index in [1.807, 2.05) is 24.1 Å². The first-order valence-corrected chi connectivity index (χ1v) is 12.4. The monoisotopic (exact) mass is 490 g/mol. The highest BCUT2D eigenvalue weighted by molar-refractivity contribution is 7.99. The molecule has 9 heteroatoms. The number of aliphatic hydroxyl groups excluding tert-OH is 5. The molecule has 0 saturated carbocycles. The summed E-state index contributed by atoms with van der Waals surface area (Å²) in [5, 5.41) is 50.5. The van der Waals surface area contributed by atoms with Gasteiger partial charge in [-0.2, -0.15) is 0 Å². The summed E-state index contributed by atoms with van der Waals surface area (Å²) in [4.78, 5) is 6.44. The van der Waals surface area contributed by atoms with E-state index in [1.54, 1.807) is 11.8 Å². The molecule has 0 aliphatic carbocycles. The number of benzene rings is 2. The van der Waals surface area contributed by atoms with Crippen molar-refractivity contribution in [1.29, 1.82) is 0 Å². The molecule has 1 saturated heterocycles. The molecule has 0 spiro atoms. The maximum Gasteiger partial charge on any atom is 0.111 e. The van der Waals surface area contributed by atoms with Crippen LogP contribution in [0.25, 0.3) is 0 Å². The lowest BCUT2D eigenvalue weighted by atomic mass is 9.93. The third-order valence-electron chi connectivity index (χ3n) is 6.48. The van der Waals surface area contributed by atoms with Crippen LogP contribution in [-0.2, 0) is 4.74 Å². The Morgan fingerprint density at radius 2 is 1.71 bits per heavy atom. The molecule has 2 heterocycles. The fourth-order valence-corrected chi connectivity index (χ4v) is 5.70. The standard InChI is InChI=1S/C25H34N2O6S/c1-15-7-8-22-18(11-15)27(17-5-3-4-6-21(17)34-22)13-16(29)12-26(2)10-9-19-23(30)25(32)24(31)20(14-28)33-19/h3-8,11,16,19-20,23-25,28-32H,9-10,12-14H2,1-2H3/t16?,19?,20-,23+,24-,25-/m1/s1. The zero-order valence-electron chi connectivity index (χ0n) is 19.5. The number of aliphatic hydroxyl groups is 5. The number of likely N-dealkylation sites (N-methyl/N-ethyl adjacent to an activating group) is 1. The van der Waals surface area contributed by atoms with E-state index in [-0.39, 0.29) is 0 Å². The Labute approximate surface area is 204 Å². The smallest absolute Gasteiger partial charge is 0.111 e. The minimum Gasteiger partial charge on any atom is -0.394 e. The van der Waals surface area contributed by atoms with E-state index in [2.05, 4.69) is 42.2 Å². The van der Waals surface area contributed by atoms with Crippen LogP contribution in [0.4, 0.5) is 11.4 Å².